The van der Waals surface area contributed by atoms with Gasteiger partial charge in [-0.05, 0) is 70.0 Å². The van der Waals surface area contributed by atoms with Crippen molar-refractivity contribution in [3.8, 4) is 11.1 Å². The molecule has 1 aliphatic heterocycles. The molecule has 1 amide bonds. The summed E-state index contributed by atoms with van der Waals surface area (Å²) in [5, 5.41) is 0. The van der Waals surface area contributed by atoms with Gasteiger partial charge in [0.25, 0.3) is 0 Å². The summed E-state index contributed by atoms with van der Waals surface area (Å²) in [6, 6.07) is 24.0. The summed E-state index contributed by atoms with van der Waals surface area (Å²) in [5.74, 6) is 0. The Hall–Kier alpha value is -2.92. The van der Waals surface area contributed by atoms with Crippen LogP contribution in [0.2, 0.25) is 0 Å². The largest absolute Gasteiger partial charge is 0.444 e. The third-order valence-corrected chi connectivity index (χ3v) is 7.09. The number of nitrogens with zero attached hydrogens (tertiary/aromatic N) is 2. The van der Waals surface area contributed by atoms with Crippen molar-refractivity contribution in [2.45, 2.75) is 50.0 Å². The zero-order valence-electron chi connectivity index (χ0n) is 20.8. The number of anilines is 1. The van der Waals surface area contributed by atoms with Gasteiger partial charge in [0.1, 0.15) is 5.60 Å². The van der Waals surface area contributed by atoms with E-state index >= 15 is 0 Å². The van der Waals surface area contributed by atoms with E-state index in [2.05, 4.69) is 85.5 Å². The van der Waals surface area contributed by atoms with Gasteiger partial charge in [-0.2, -0.15) is 0 Å². The Morgan fingerprint density at radius 3 is 2.21 bits per heavy atom. The first-order valence-electron chi connectivity index (χ1n) is 11.9. The second kappa shape index (κ2) is 10.1. The van der Waals surface area contributed by atoms with E-state index in [-0.39, 0.29) is 6.09 Å². The van der Waals surface area contributed by atoms with E-state index in [0.29, 0.717) is 13.1 Å². The van der Waals surface area contributed by atoms with Gasteiger partial charge < -0.3 is 14.5 Å². The molecule has 5 heteroatoms. The molecule has 0 spiro atoms. The van der Waals surface area contributed by atoms with E-state index in [9.17, 15) is 4.79 Å². The van der Waals surface area contributed by atoms with Crippen molar-refractivity contribution in [2.75, 3.05) is 31.1 Å². The molecule has 4 nitrogen and oxygen atoms in total. The van der Waals surface area contributed by atoms with Crippen LogP contribution in [0.25, 0.3) is 11.1 Å². The van der Waals surface area contributed by atoms with Crippen molar-refractivity contribution in [2.24, 2.45) is 0 Å². The van der Waals surface area contributed by atoms with E-state index in [1.54, 1.807) is 11.8 Å². The van der Waals surface area contributed by atoms with Crippen LogP contribution in [0, 0.1) is 13.8 Å². The Balaban J connectivity index is 1.46. The van der Waals surface area contributed by atoms with Crippen LogP contribution >= 0.6 is 11.8 Å². The minimum atomic E-state index is -0.469. The number of piperazine rings is 1. The molecule has 1 aliphatic rings. The molecule has 0 aliphatic carbocycles. The Kier molecular flexibility index (Phi) is 7.22. The molecule has 1 heterocycles. The van der Waals surface area contributed by atoms with Gasteiger partial charge in [-0.15, -0.1) is 0 Å². The molecule has 1 fully saturated rings. The van der Waals surface area contributed by atoms with E-state index < -0.39 is 5.60 Å². The quantitative estimate of drug-likeness (QED) is 0.401. The minimum absolute atomic E-state index is 0.225. The highest BCUT2D eigenvalue weighted by Gasteiger charge is 2.26. The fraction of sp³-hybridized carbons (Fsp3) is 0.345. The van der Waals surface area contributed by atoms with Crippen molar-refractivity contribution < 1.29 is 9.53 Å². The molecule has 0 N–H and O–H groups in total. The van der Waals surface area contributed by atoms with Crippen LogP contribution in [0.3, 0.4) is 0 Å². The van der Waals surface area contributed by atoms with Gasteiger partial charge in [0, 0.05) is 47.2 Å². The molecule has 0 aromatic heterocycles. The van der Waals surface area contributed by atoms with Crippen LogP contribution in [-0.2, 0) is 4.74 Å². The molecule has 1 saturated heterocycles. The number of aryl methyl sites for hydroxylation is 2. The Morgan fingerprint density at radius 2 is 1.56 bits per heavy atom. The standard InChI is InChI=1S/C29H34N2O2S/c1-21-10-15-27(22(2)20-21)34-24-13-11-23(12-14-24)25-8-6-7-9-26(25)30-16-18-31(19-17-30)28(32)33-29(3,4)5/h6-15,20H,16-19H2,1-5H3. The average molecular weight is 475 g/mol. The maximum absolute atomic E-state index is 12.4. The fourth-order valence-electron chi connectivity index (χ4n) is 4.19. The number of ether oxygens (including phenoxy) is 1. The van der Waals surface area contributed by atoms with E-state index in [1.165, 1.54) is 37.7 Å². The van der Waals surface area contributed by atoms with Crippen molar-refractivity contribution in [1.82, 2.24) is 4.90 Å². The van der Waals surface area contributed by atoms with E-state index in [1.807, 2.05) is 25.7 Å². The van der Waals surface area contributed by atoms with Crippen molar-refractivity contribution in [3.05, 3.63) is 77.9 Å². The number of carbonyl (C=O) groups is 1. The third-order valence-electron chi connectivity index (χ3n) is 5.90. The maximum atomic E-state index is 12.4. The SMILES string of the molecule is Cc1ccc(Sc2ccc(-c3ccccc3N3CCN(C(=O)OC(C)(C)C)CC3)cc2)c(C)c1. The molecular formula is C29H34N2O2S. The Bertz CT molecular complexity index is 1140. The van der Waals surface area contributed by atoms with Crippen molar-refractivity contribution in [3.63, 3.8) is 0 Å². The zero-order chi connectivity index (χ0) is 24.3. The zero-order valence-corrected chi connectivity index (χ0v) is 21.6. The molecule has 3 aromatic carbocycles. The van der Waals surface area contributed by atoms with Crippen molar-refractivity contribution >= 4 is 23.5 Å². The predicted octanol–water partition coefficient (Wildman–Crippen LogP) is 7.18. The first kappa shape index (κ1) is 24.2. The molecular weight excluding hydrogens is 440 g/mol. The number of rotatable bonds is 4. The van der Waals surface area contributed by atoms with Gasteiger partial charge in [-0.25, -0.2) is 4.79 Å². The van der Waals surface area contributed by atoms with Gasteiger partial charge in [-0.3, -0.25) is 0 Å². The van der Waals surface area contributed by atoms with Crippen LogP contribution in [-0.4, -0.2) is 42.8 Å². The second-order valence-corrected chi connectivity index (χ2v) is 11.0. The van der Waals surface area contributed by atoms with Gasteiger partial charge in [0.2, 0.25) is 0 Å². The molecule has 178 valence electrons. The second-order valence-electron chi connectivity index (χ2n) is 9.87. The number of hydrogen-bond donors (Lipinski definition) is 0. The van der Waals surface area contributed by atoms with Gasteiger partial charge >= 0.3 is 6.09 Å². The predicted molar refractivity (Wildman–Crippen MR) is 142 cm³/mol. The average Bonchev–Trinajstić information content (AvgIpc) is 2.80. The summed E-state index contributed by atoms with van der Waals surface area (Å²) in [6.07, 6.45) is -0.225. The number of benzene rings is 3. The molecule has 0 atom stereocenters. The maximum Gasteiger partial charge on any atom is 0.410 e. The highest BCUT2D eigenvalue weighted by molar-refractivity contribution is 7.99. The molecule has 0 bridgehead atoms. The summed E-state index contributed by atoms with van der Waals surface area (Å²) in [7, 11) is 0. The minimum Gasteiger partial charge on any atom is -0.444 e. The van der Waals surface area contributed by atoms with Crippen LogP contribution in [0.5, 0.6) is 0 Å². The highest BCUT2D eigenvalue weighted by Crippen LogP contribution is 2.35. The third kappa shape index (κ3) is 5.95. The van der Waals surface area contributed by atoms with Crippen LogP contribution in [0.4, 0.5) is 10.5 Å². The summed E-state index contributed by atoms with van der Waals surface area (Å²) < 4.78 is 5.54. The summed E-state index contributed by atoms with van der Waals surface area (Å²) in [6.45, 7) is 12.9. The molecule has 0 saturated carbocycles. The van der Waals surface area contributed by atoms with Gasteiger partial charge in [-0.1, -0.05) is 59.8 Å². The molecule has 34 heavy (non-hydrogen) atoms. The smallest absolute Gasteiger partial charge is 0.410 e. The number of hydrogen-bond acceptors (Lipinski definition) is 4. The lowest BCUT2D eigenvalue weighted by Crippen LogP contribution is -2.50. The lowest BCUT2D eigenvalue weighted by atomic mass is 10.0. The van der Waals surface area contributed by atoms with Gasteiger partial charge in [0.05, 0.1) is 0 Å². The normalized spacial score (nSPS) is 14.3. The lowest BCUT2D eigenvalue weighted by Gasteiger charge is -2.37. The Morgan fingerprint density at radius 1 is 0.882 bits per heavy atom. The van der Waals surface area contributed by atoms with Gasteiger partial charge in [0.15, 0.2) is 0 Å². The van der Waals surface area contributed by atoms with E-state index in [4.69, 9.17) is 4.74 Å². The topological polar surface area (TPSA) is 32.8 Å². The molecule has 3 aromatic rings. The van der Waals surface area contributed by atoms with Crippen LogP contribution in [0.1, 0.15) is 31.9 Å². The molecule has 4 rings (SSSR count). The number of carbonyl (C=O) groups excluding carboxylic acids is 1. The van der Waals surface area contributed by atoms with E-state index in [0.717, 1.165) is 13.1 Å². The monoisotopic (exact) mass is 474 g/mol. The first-order valence-corrected chi connectivity index (χ1v) is 12.7. The summed E-state index contributed by atoms with van der Waals surface area (Å²) >= 11 is 1.81. The van der Waals surface area contributed by atoms with Crippen LogP contribution < -0.4 is 4.90 Å². The Labute approximate surface area is 207 Å². The summed E-state index contributed by atoms with van der Waals surface area (Å²) in [5.41, 5.74) is 5.77. The number of para-hydroxylation sites is 1. The van der Waals surface area contributed by atoms with Crippen molar-refractivity contribution in [1.29, 1.82) is 0 Å². The summed E-state index contributed by atoms with van der Waals surface area (Å²) in [4.78, 5) is 19.1. The van der Waals surface area contributed by atoms with Crippen LogP contribution in [0.15, 0.2) is 76.5 Å². The molecule has 0 unspecified atom stereocenters. The fourth-order valence-corrected chi connectivity index (χ4v) is 5.08. The molecule has 0 radical (unpaired) electrons. The lowest BCUT2D eigenvalue weighted by molar-refractivity contribution is 0.0240. The first-order chi connectivity index (χ1) is 16.2. The number of amides is 1. The highest BCUT2D eigenvalue weighted by atomic mass is 32.2.